The second-order valence-corrected chi connectivity index (χ2v) is 7.90. The summed E-state index contributed by atoms with van der Waals surface area (Å²) < 4.78 is 43.9. The lowest BCUT2D eigenvalue weighted by atomic mass is 10.2. The van der Waals surface area contributed by atoms with Crippen LogP contribution < -0.4 is 0 Å². The summed E-state index contributed by atoms with van der Waals surface area (Å²) in [4.78, 5) is 0.0836. The third kappa shape index (κ3) is 4.19. The van der Waals surface area contributed by atoms with Gasteiger partial charge in [0.25, 0.3) is 0 Å². The summed E-state index contributed by atoms with van der Waals surface area (Å²) in [5, 5.41) is 0. The summed E-state index contributed by atoms with van der Waals surface area (Å²) in [6, 6.07) is 5.69. The number of halogens is 1. The first-order valence-electron chi connectivity index (χ1n) is 3.90. The molecular weight excluding hydrogens is 260 g/mol. The van der Waals surface area contributed by atoms with Gasteiger partial charge in [-0.15, -0.1) is 0 Å². The van der Waals surface area contributed by atoms with Gasteiger partial charge in [0.2, 0.25) is 9.05 Å². The molecule has 0 heterocycles. The Morgan fingerprint density at radius 2 is 1.80 bits per heavy atom. The first kappa shape index (κ1) is 12.5. The largest absolute Gasteiger partial charge is 0.236 e. The molecule has 0 aliphatic carbocycles. The van der Waals surface area contributed by atoms with Crippen molar-refractivity contribution in [2.24, 2.45) is 0 Å². The molecule has 1 aromatic carbocycles. The second-order valence-electron chi connectivity index (χ2n) is 3.10. The Morgan fingerprint density at radius 1 is 1.20 bits per heavy atom. The molecule has 0 bridgehead atoms. The third-order valence-corrected chi connectivity index (χ3v) is 3.78. The maximum atomic E-state index is 11.2. The topological polar surface area (TPSA) is 68.3 Å². The maximum Gasteiger partial charge on any atom is 0.236 e. The Kier molecular flexibility index (Phi) is 3.42. The predicted molar refractivity (Wildman–Crippen MR) is 58.0 cm³/mol. The fraction of sp³-hybridized carbons (Fsp3) is 0.250. The SMILES string of the molecule is CS(=O)(=O)c1cccc(CS(=O)(=O)Cl)c1. The van der Waals surface area contributed by atoms with Crippen molar-refractivity contribution >= 4 is 29.6 Å². The van der Waals surface area contributed by atoms with Gasteiger partial charge in [-0.2, -0.15) is 0 Å². The van der Waals surface area contributed by atoms with Crippen LogP contribution in [0.5, 0.6) is 0 Å². The maximum absolute atomic E-state index is 11.2. The van der Waals surface area contributed by atoms with E-state index in [2.05, 4.69) is 0 Å². The van der Waals surface area contributed by atoms with Gasteiger partial charge in [0.15, 0.2) is 9.84 Å². The van der Waals surface area contributed by atoms with Gasteiger partial charge in [0.1, 0.15) is 0 Å². The molecule has 0 aliphatic rings. The molecule has 0 atom stereocenters. The lowest BCUT2D eigenvalue weighted by molar-refractivity contribution is 0.600. The minimum atomic E-state index is -3.66. The summed E-state index contributed by atoms with van der Waals surface area (Å²) in [5.41, 5.74) is 0.355. The molecule has 0 spiro atoms. The molecule has 0 radical (unpaired) electrons. The average molecular weight is 269 g/mol. The van der Waals surface area contributed by atoms with E-state index in [4.69, 9.17) is 10.7 Å². The third-order valence-electron chi connectivity index (χ3n) is 1.67. The monoisotopic (exact) mass is 268 g/mol. The van der Waals surface area contributed by atoms with Gasteiger partial charge in [0, 0.05) is 16.9 Å². The highest BCUT2D eigenvalue weighted by molar-refractivity contribution is 8.13. The van der Waals surface area contributed by atoms with Gasteiger partial charge >= 0.3 is 0 Å². The minimum Gasteiger partial charge on any atom is -0.224 e. The lowest BCUT2D eigenvalue weighted by Gasteiger charge is -2.01. The van der Waals surface area contributed by atoms with Crippen LogP contribution in [-0.2, 0) is 24.6 Å². The van der Waals surface area contributed by atoms with Crippen molar-refractivity contribution in [2.75, 3.05) is 6.26 Å². The highest BCUT2D eigenvalue weighted by Crippen LogP contribution is 2.15. The molecule has 4 nitrogen and oxygen atoms in total. The van der Waals surface area contributed by atoms with Crippen molar-refractivity contribution < 1.29 is 16.8 Å². The molecule has 0 N–H and O–H groups in total. The Bertz CT molecular complexity index is 560. The molecule has 0 amide bonds. The van der Waals surface area contributed by atoms with Crippen molar-refractivity contribution in [2.45, 2.75) is 10.6 Å². The van der Waals surface area contributed by atoms with Crippen LogP contribution in [0.1, 0.15) is 5.56 Å². The first-order valence-corrected chi connectivity index (χ1v) is 8.27. The van der Waals surface area contributed by atoms with E-state index >= 15 is 0 Å². The van der Waals surface area contributed by atoms with Gasteiger partial charge in [-0.25, -0.2) is 16.8 Å². The van der Waals surface area contributed by atoms with Crippen LogP contribution in [-0.4, -0.2) is 23.1 Å². The Hall–Kier alpha value is -0.590. The molecule has 0 aliphatic heterocycles. The molecule has 1 rings (SSSR count). The van der Waals surface area contributed by atoms with E-state index in [0.717, 1.165) is 6.26 Å². The molecule has 0 saturated heterocycles. The zero-order valence-corrected chi connectivity index (χ0v) is 10.2. The Labute approximate surface area is 93.2 Å². The second kappa shape index (κ2) is 4.11. The molecule has 7 heteroatoms. The minimum absolute atomic E-state index is 0.0836. The number of hydrogen-bond donors (Lipinski definition) is 0. The van der Waals surface area contributed by atoms with E-state index in [1.165, 1.54) is 24.3 Å². The lowest BCUT2D eigenvalue weighted by Crippen LogP contribution is -2.00. The van der Waals surface area contributed by atoms with Crippen LogP contribution in [0.3, 0.4) is 0 Å². The van der Waals surface area contributed by atoms with Crippen LogP contribution in [0, 0.1) is 0 Å². The molecule has 0 fully saturated rings. The molecule has 0 aromatic heterocycles. The predicted octanol–water partition coefficient (Wildman–Crippen LogP) is 1.16. The van der Waals surface area contributed by atoms with E-state index in [0.29, 0.717) is 5.56 Å². The van der Waals surface area contributed by atoms with Crippen LogP contribution >= 0.6 is 10.7 Å². The highest BCUT2D eigenvalue weighted by atomic mass is 35.7. The Morgan fingerprint density at radius 3 is 2.27 bits per heavy atom. The summed E-state index contributed by atoms with van der Waals surface area (Å²) >= 11 is 0. The van der Waals surface area contributed by atoms with Gasteiger partial charge in [-0.05, 0) is 17.7 Å². The normalized spacial score (nSPS) is 12.7. The number of rotatable bonds is 3. The number of hydrogen-bond acceptors (Lipinski definition) is 4. The molecule has 0 unspecified atom stereocenters. The van der Waals surface area contributed by atoms with E-state index in [1.807, 2.05) is 0 Å². The van der Waals surface area contributed by atoms with E-state index in [1.54, 1.807) is 0 Å². The van der Waals surface area contributed by atoms with Crippen molar-refractivity contribution in [3.63, 3.8) is 0 Å². The summed E-state index contributed by atoms with van der Waals surface area (Å²) in [6.07, 6.45) is 1.06. The summed E-state index contributed by atoms with van der Waals surface area (Å²) in [5.74, 6) is -0.377. The van der Waals surface area contributed by atoms with Crippen LogP contribution in [0.2, 0.25) is 0 Å². The van der Waals surface area contributed by atoms with Crippen molar-refractivity contribution in [1.29, 1.82) is 0 Å². The smallest absolute Gasteiger partial charge is 0.224 e. The van der Waals surface area contributed by atoms with Gasteiger partial charge < -0.3 is 0 Å². The van der Waals surface area contributed by atoms with Gasteiger partial charge in [-0.3, -0.25) is 0 Å². The first-order chi connectivity index (χ1) is 6.68. The van der Waals surface area contributed by atoms with Crippen molar-refractivity contribution in [3.8, 4) is 0 Å². The molecular formula is C8H9ClO4S2. The Balaban J connectivity index is 3.15. The molecule has 0 saturated carbocycles. The summed E-state index contributed by atoms with van der Waals surface area (Å²) in [7, 11) is -1.92. The zero-order chi connectivity index (χ0) is 11.7. The van der Waals surface area contributed by atoms with Gasteiger partial charge in [-0.1, -0.05) is 12.1 Å². The van der Waals surface area contributed by atoms with Crippen LogP contribution in [0.15, 0.2) is 29.2 Å². The fourth-order valence-electron chi connectivity index (χ4n) is 1.06. The number of sulfone groups is 1. The zero-order valence-electron chi connectivity index (χ0n) is 7.84. The van der Waals surface area contributed by atoms with Crippen LogP contribution in [0.4, 0.5) is 0 Å². The van der Waals surface area contributed by atoms with E-state index in [-0.39, 0.29) is 10.6 Å². The highest BCUT2D eigenvalue weighted by Gasteiger charge is 2.11. The van der Waals surface area contributed by atoms with Gasteiger partial charge in [0.05, 0.1) is 10.6 Å². The van der Waals surface area contributed by atoms with E-state index in [9.17, 15) is 16.8 Å². The van der Waals surface area contributed by atoms with Crippen molar-refractivity contribution in [1.82, 2.24) is 0 Å². The molecule has 15 heavy (non-hydrogen) atoms. The van der Waals surface area contributed by atoms with E-state index < -0.39 is 18.9 Å². The molecule has 84 valence electrons. The molecule has 1 aromatic rings. The van der Waals surface area contributed by atoms with Crippen LogP contribution in [0.25, 0.3) is 0 Å². The van der Waals surface area contributed by atoms with Crippen molar-refractivity contribution in [3.05, 3.63) is 29.8 Å². The standard InChI is InChI=1S/C8H9ClO4S2/c1-14(10,11)8-4-2-3-7(5-8)6-15(9,12)13/h2-5H,6H2,1H3. The number of benzene rings is 1. The summed E-state index contributed by atoms with van der Waals surface area (Å²) in [6.45, 7) is 0. The fourth-order valence-corrected chi connectivity index (χ4v) is 2.71. The quantitative estimate of drug-likeness (QED) is 0.772. The average Bonchev–Trinajstić information content (AvgIpc) is 1.99.